The third-order valence-corrected chi connectivity index (χ3v) is 5.08. The first kappa shape index (κ1) is 17.6. The molecule has 0 bridgehead atoms. The van der Waals surface area contributed by atoms with Gasteiger partial charge in [-0.2, -0.15) is 9.50 Å². The van der Waals surface area contributed by atoms with Crippen molar-refractivity contribution in [3.05, 3.63) is 27.4 Å². The van der Waals surface area contributed by atoms with Crippen molar-refractivity contribution in [1.29, 1.82) is 0 Å². The number of aromatic nitrogens is 4. The van der Waals surface area contributed by atoms with Gasteiger partial charge >= 0.3 is 0 Å². The normalized spacial score (nSPS) is 21.1. The van der Waals surface area contributed by atoms with Gasteiger partial charge in [-0.25, -0.2) is 4.98 Å². The number of aryl methyl sites for hydroxylation is 2. The zero-order valence-corrected chi connectivity index (χ0v) is 15.7. The number of hydrogen-bond donors (Lipinski definition) is 0. The Balaban J connectivity index is 1.97. The summed E-state index contributed by atoms with van der Waals surface area (Å²) < 4.78 is 3.12. The lowest BCUT2D eigenvalue weighted by Gasteiger charge is -2.35. The molecule has 2 unspecified atom stereocenters. The molecule has 7 nitrogen and oxygen atoms in total. The fourth-order valence-electron chi connectivity index (χ4n) is 3.96. The second-order valence-electron chi connectivity index (χ2n) is 7.41. The van der Waals surface area contributed by atoms with Gasteiger partial charge in [0.25, 0.3) is 11.3 Å². The third kappa shape index (κ3) is 3.19. The van der Waals surface area contributed by atoms with Crippen molar-refractivity contribution in [2.24, 2.45) is 11.8 Å². The molecule has 7 heteroatoms. The number of amides is 1. The first-order valence-corrected chi connectivity index (χ1v) is 9.05. The second-order valence-corrected chi connectivity index (χ2v) is 7.41. The first-order valence-electron chi connectivity index (χ1n) is 9.05. The molecule has 0 spiro atoms. The largest absolute Gasteiger partial charge is 0.341 e. The fraction of sp³-hybridized carbons (Fsp3) is 0.667. The standard InChI is InChI=1S/C18H27N5O2/c1-6-15-13(4)19-18-20-14(5)22(23(18)17(15)25)10-16(24)21-8-11(2)7-12(3)9-21/h11-12H,6-10H2,1-5H3. The molecule has 1 amide bonds. The van der Waals surface area contributed by atoms with E-state index in [1.54, 1.807) is 4.68 Å². The van der Waals surface area contributed by atoms with Crippen LogP contribution in [-0.2, 0) is 17.8 Å². The van der Waals surface area contributed by atoms with E-state index in [-0.39, 0.29) is 18.0 Å². The lowest BCUT2D eigenvalue weighted by atomic mass is 9.92. The van der Waals surface area contributed by atoms with Crippen LogP contribution >= 0.6 is 0 Å². The molecule has 1 aliphatic rings. The Morgan fingerprint density at radius 1 is 1.16 bits per heavy atom. The van der Waals surface area contributed by atoms with E-state index in [9.17, 15) is 9.59 Å². The van der Waals surface area contributed by atoms with Gasteiger partial charge in [-0.1, -0.05) is 20.8 Å². The van der Waals surface area contributed by atoms with E-state index in [1.807, 2.05) is 25.7 Å². The summed E-state index contributed by atoms with van der Waals surface area (Å²) in [6, 6.07) is 0. The summed E-state index contributed by atoms with van der Waals surface area (Å²) in [5, 5.41) is 0. The van der Waals surface area contributed by atoms with Crippen LogP contribution in [-0.4, -0.2) is 43.1 Å². The molecule has 1 aliphatic heterocycles. The van der Waals surface area contributed by atoms with E-state index in [0.29, 0.717) is 41.1 Å². The number of hydrogen-bond acceptors (Lipinski definition) is 4. The number of fused-ring (bicyclic) bond motifs is 1. The minimum Gasteiger partial charge on any atom is -0.341 e. The van der Waals surface area contributed by atoms with Crippen LogP contribution in [0, 0.1) is 25.7 Å². The van der Waals surface area contributed by atoms with Crippen molar-refractivity contribution in [2.75, 3.05) is 13.1 Å². The highest BCUT2D eigenvalue weighted by Gasteiger charge is 2.26. The van der Waals surface area contributed by atoms with Crippen molar-refractivity contribution < 1.29 is 4.79 Å². The minimum absolute atomic E-state index is 0.0336. The van der Waals surface area contributed by atoms with E-state index < -0.39 is 0 Å². The molecule has 2 atom stereocenters. The molecule has 3 heterocycles. The number of carbonyl (C=O) groups is 1. The molecule has 1 saturated heterocycles. The lowest BCUT2D eigenvalue weighted by Crippen LogP contribution is -2.44. The van der Waals surface area contributed by atoms with E-state index in [4.69, 9.17) is 0 Å². The predicted molar refractivity (Wildman–Crippen MR) is 95.6 cm³/mol. The number of carbonyl (C=O) groups excluding carboxylic acids is 1. The maximum absolute atomic E-state index is 12.8. The van der Waals surface area contributed by atoms with Crippen molar-refractivity contribution in [2.45, 2.75) is 54.0 Å². The van der Waals surface area contributed by atoms with Crippen molar-refractivity contribution in [3.8, 4) is 0 Å². The van der Waals surface area contributed by atoms with E-state index in [2.05, 4.69) is 23.8 Å². The number of likely N-dealkylation sites (tertiary alicyclic amines) is 1. The summed E-state index contributed by atoms with van der Waals surface area (Å²) in [7, 11) is 0. The number of piperidine rings is 1. The third-order valence-electron chi connectivity index (χ3n) is 5.08. The molecule has 1 fully saturated rings. The van der Waals surface area contributed by atoms with Crippen LogP contribution in [0.15, 0.2) is 4.79 Å². The highest BCUT2D eigenvalue weighted by molar-refractivity contribution is 5.76. The average Bonchev–Trinajstić information content (AvgIpc) is 2.82. The van der Waals surface area contributed by atoms with E-state index in [1.165, 1.54) is 4.52 Å². The summed E-state index contributed by atoms with van der Waals surface area (Å²) in [5.41, 5.74) is 1.26. The topological polar surface area (TPSA) is 72.5 Å². The molecule has 2 aromatic heterocycles. The molecule has 0 aromatic carbocycles. The Labute approximate surface area is 147 Å². The van der Waals surface area contributed by atoms with Gasteiger partial charge < -0.3 is 4.90 Å². The number of rotatable bonds is 3. The van der Waals surface area contributed by atoms with Gasteiger partial charge in [0.05, 0.1) is 5.69 Å². The van der Waals surface area contributed by atoms with Crippen LogP contribution in [0.1, 0.15) is 44.3 Å². The predicted octanol–water partition coefficient (Wildman–Crippen LogP) is 1.57. The highest BCUT2D eigenvalue weighted by Crippen LogP contribution is 2.21. The van der Waals surface area contributed by atoms with Crippen LogP contribution in [0.25, 0.3) is 5.78 Å². The van der Waals surface area contributed by atoms with Crippen molar-refractivity contribution in [1.82, 2.24) is 24.1 Å². The molecule has 0 aliphatic carbocycles. The van der Waals surface area contributed by atoms with Crippen molar-refractivity contribution >= 4 is 11.7 Å². The Morgan fingerprint density at radius 2 is 1.80 bits per heavy atom. The summed E-state index contributed by atoms with van der Waals surface area (Å²) in [4.78, 5) is 36.4. The van der Waals surface area contributed by atoms with Crippen LogP contribution in [0.4, 0.5) is 0 Å². The van der Waals surface area contributed by atoms with Gasteiger partial charge in [0.1, 0.15) is 12.4 Å². The SMILES string of the molecule is CCc1c(C)nc2nc(C)n(CC(=O)N3CC(C)CC(C)C3)n2c1=O. The fourth-order valence-corrected chi connectivity index (χ4v) is 3.96. The Hall–Kier alpha value is -2.18. The second kappa shape index (κ2) is 6.61. The van der Waals surface area contributed by atoms with Gasteiger partial charge in [-0.3, -0.25) is 14.3 Å². The van der Waals surface area contributed by atoms with E-state index >= 15 is 0 Å². The summed E-state index contributed by atoms with van der Waals surface area (Å²) in [6.07, 6.45) is 1.76. The highest BCUT2D eigenvalue weighted by atomic mass is 16.2. The molecule has 0 radical (unpaired) electrons. The Kier molecular flexibility index (Phi) is 4.67. The molecule has 25 heavy (non-hydrogen) atoms. The maximum Gasteiger partial charge on any atom is 0.277 e. The smallest absolute Gasteiger partial charge is 0.277 e. The zero-order valence-electron chi connectivity index (χ0n) is 15.7. The van der Waals surface area contributed by atoms with Crippen LogP contribution in [0.3, 0.4) is 0 Å². The van der Waals surface area contributed by atoms with Gasteiger partial charge in [0.15, 0.2) is 0 Å². The van der Waals surface area contributed by atoms with Gasteiger partial charge in [-0.15, -0.1) is 0 Å². The minimum atomic E-state index is -0.126. The number of nitrogens with zero attached hydrogens (tertiary/aromatic N) is 5. The molecule has 3 rings (SSSR count). The van der Waals surface area contributed by atoms with Crippen LogP contribution in [0.2, 0.25) is 0 Å². The first-order chi connectivity index (χ1) is 11.8. The molecule has 2 aromatic rings. The van der Waals surface area contributed by atoms with Crippen molar-refractivity contribution in [3.63, 3.8) is 0 Å². The maximum atomic E-state index is 12.8. The summed E-state index contributed by atoms with van der Waals surface area (Å²) in [5.74, 6) is 2.04. The molecule has 0 saturated carbocycles. The van der Waals surface area contributed by atoms with E-state index in [0.717, 1.165) is 19.5 Å². The summed E-state index contributed by atoms with van der Waals surface area (Å²) in [6.45, 7) is 11.6. The average molecular weight is 345 g/mol. The van der Waals surface area contributed by atoms with Crippen LogP contribution < -0.4 is 5.56 Å². The Bertz CT molecular complexity index is 856. The molecular formula is C18H27N5O2. The quantitative estimate of drug-likeness (QED) is 0.846. The van der Waals surface area contributed by atoms with Gasteiger partial charge in [0.2, 0.25) is 5.91 Å². The molecular weight excluding hydrogens is 318 g/mol. The molecule has 0 N–H and O–H groups in total. The van der Waals surface area contributed by atoms with Gasteiger partial charge in [0, 0.05) is 18.7 Å². The van der Waals surface area contributed by atoms with Gasteiger partial charge in [-0.05, 0) is 38.5 Å². The zero-order chi connectivity index (χ0) is 18.3. The van der Waals surface area contributed by atoms with Crippen LogP contribution in [0.5, 0.6) is 0 Å². The summed E-state index contributed by atoms with van der Waals surface area (Å²) >= 11 is 0. The molecule has 136 valence electrons. The monoisotopic (exact) mass is 345 g/mol. The lowest BCUT2D eigenvalue weighted by molar-refractivity contribution is -0.134. The Morgan fingerprint density at radius 3 is 2.40 bits per heavy atom.